The molecular weight excluding hydrogens is 332 g/mol. The number of hydrogen-bond acceptors (Lipinski definition) is 6. The number of ether oxygens (including phenoxy) is 2. The summed E-state index contributed by atoms with van der Waals surface area (Å²) >= 11 is 0. The summed E-state index contributed by atoms with van der Waals surface area (Å²) in [7, 11) is -3.59. The van der Waals surface area contributed by atoms with E-state index < -0.39 is 22.1 Å². The molecule has 1 aromatic carbocycles. The van der Waals surface area contributed by atoms with Gasteiger partial charge in [0, 0.05) is 19.0 Å². The lowest BCUT2D eigenvalue weighted by atomic mass is 10.1. The van der Waals surface area contributed by atoms with Gasteiger partial charge in [0.15, 0.2) is 6.10 Å². The number of carbonyl (C=O) groups excluding carboxylic acids is 1. The second kappa shape index (κ2) is 7.08. The Morgan fingerprint density at radius 1 is 1.46 bits per heavy atom. The van der Waals surface area contributed by atoms with Gasteiger partial charge in [-0.25, -0.2) is 17.9 Å². The molecule has 2 atom stereocenters. The highest BCUT2D eigenvalue weighted by Crippen LogP contribution is 2.31. The Morgan fingerprint density at radius 2 is 2.29 bits per heavy atom. The van der Waals surface area contributed by atoms with Crippen molar-refractivity contribution in [3.8, 4) is 5.75 Å². The standard InChI is InChI=1S/C16H22N2O5S/c1-2-22-16(19)15-9-11-8-13(5-6-14(11)23-15)24(20,21)18-12-4-3-7-17-10-12/h5-6,8,12,15,17-18H,2-4,7,9-10H2,1H3. The minimum absolute atomic E-state index is 0.0967. The van der Waals surface area contributed by atoms with Crippen molar-refractivity contribution < 1.29 is 22.7 Å². The molecule has 3 rings (SSSR count). The van der Waals surface area contributed by atoms with Crippen LogP contribution in [0.5, 0.6) is 5.75 Å². The van der Waals surface area contributed by atoms with Crippen LogP contribution in [0.4, 0.5) is 0 Å². The fourth-order valence-electron chi connectivity index (χ4n) is 3.00. The molecule has 0 aromatic heterocycles. The van der Waals surface area contributed by atoms with Gasteiger partial charge in [0.05, 0.1) is 11.5 Å². The summed E-state index contributed by atoms with van der Waals surface area (Å²) in [6, 6.07) is 4.58. The Morgan fingerprint density at radius 3 is 3.00 bits per heavy atom. The quantitative estimate of drug-likeness (QED) is 0.752. The number of carbonyl (C=O) groups is 1. The first-order chi connectivity index (χ1) is 11.5. The van der Waals surface area contributed by atoms with Crippen molar-refractivity contribution in [3.05, 3.63) is 23.8 Å². The third-order valence-corrected chi connectivity index (χ3v) is 5.70. The Hall–Kier alpha value is -1.64. The third-order valence-electron chi connectivity index (χ3n) is 4.18. The fraction of sp³-hybridized carbons (Fsp3) is 0.562. The predicted molar refractivity (Wildman–Crippen MR) is 87.4 cm³/mol. The van der Waals surface area contributed by atoms with Crippen LogP contribution in [-0.2, 0) is 26.0 Å². The second-order valence-corrected chi connectivity index (χ2v) is 7.71. The average Bonchev–Trinajstić information content (AvgIpc) is 2.99. The molecule has 0 spiro atoms. The van der Waals surface area contributed by atoms with Gasteiger partial charge in [-0.3, -0.25) is 0 Å². The maximum atomic E-state index is 12.5. The van der Waals surface area contributed by atoms with Crippen LogP contribution in [0.25, 0.3) is 0 Å². The zero-order valence-corrected chi connectivity index (χ0v) is 14.4. The first-order valence-corrected chi connectivity index (χ1v) is 9.67. The van der Waals surface area contributed by atoms with Crippen LogP contribution in [0.2, 0.25) is 0 Å². The Balaban J connectivity index is 1.73. The van der Waals surface area contributed by atoms with Gasteiger partial charge in [0.2, 0.25) is 10.0 Å². The molecule has 2 heterocycles. The summed E-state index contributed by atoms with van der Waals surface area (Å²) in [5.74, 6) is 0.107. The molecule has 24 heavy (non-hydrogen) atoms. The Bertz CT molecular complexity index is 713. The van der Waals surface area contributed by atoms with Crippen molar-refractivity contribution in [2.75, 3.05) is 19.7 Å². The predicted octanol–water partition coefficient (Wildman–Crippen LogP) is 0.584. The Kier molecular flexibility index (Phi) is 5.07. The molecule has 1 saturated heterocycles. The van der Waals surface area contributed by atoms with E-state index in [1.54, 1.807) is 19.1 Å². The lowest BCUT2D eigenvalue weighted by Gasteiger charge is -2.23. The molecule has 8 heteroatoms. The van der Waals surface area contributed by atoms with Crippen LogP contribution in [0.3, 0.4) is 0 Å². The number of fused-ring (bicyclic) bond motifs is 1. The minimum atomic E-state index is -3.59. The van der Waals surface area contributed by atoms with Crippen molar-refractivity contribution in [2.24, 2.45) is 0 Å². The van der Waals surface area contributed by atoms with Gasteiger partial charge in [-0.15, -0.1) is 0 Å². The van der Waals surface area contributed by atoms with Gasteiger partial charge in [0.1, 0.15) is 5.75 Å². The van der Waals surface area contributed by atoms with Crippen molar-refractivity contribution in [3.63, 3.8) is 0 Å². The normalized spacial score (nSPS) is 23.4. The van der Waals surface area contributed by atoms with E-state index in [1.165, 1.54) is 6.07 Å². The smallest absolute Gasteiger partial charge is 0.347 e. The maximum absolute atomic E-state index is 12.5. The minimum Gasteiger partial charge on any atom is -0.478 e. The molecule has 0 radical (unpaired) electrons. The van der Waals surface area contributed by atoms with Crippen LogP contribution in [-0.4, -0.2) is 46.2 Å². The third kappa shape index (κ3) is 3.71. The number of hydrogen-bond donors (Lipinski definition) is 2. The van der Waals surface area contributed by atoms with E-state index in [9.17, 15) is 13.2 Å². The maximum Gasteiger partial charge on any atom is 0.347 e. The van der Waals surface area contributed by atoms with Crippen LogP contribution < -0.4 is 14.8 Å². The van der Waals surface area contributed by atoms with E-state index in [2.05, 4.69) is 10.0 Å². The van der Waals surface area contributed by atoms with Gasteiger partial charge >= 0.3 is 5.97 Å². The highest BCUT2D eigenvalue weighted by molar-refractivity contribution is 7.89. The van der Waals surface area contributed by atoms with Gasteiger partial charge in [0.25, 0.3) is 0 Å². The summed E-state index contributed by atoms with van der Waals surface area (Å²) in [5.41, 5.74) is 0.706. The number of sulfonamides is 1. The summed E-state index contributed by atoms with van der Waals surface area (Å²) < 4.78 is 38.3. The number of rotatable bonds is 5. The molecule has 0 aliphatic carbocycles. The zero-order valence-electron chi connectivity index (χ0n) is 13.6. The molecule has 1 aromatic rings. The van der Waals surface area contributed by atoms with Gasteiger partial charge in [-0.05, 0) is 50.1 Å². The molecule has 0 bridgehead atoms. The second-order valence-electron chi connectivity index (χ2n) is 6.00. The van der Waals surface area contributed by atoms with Crippen molar-refractivity contribution in [1.82, 2.24) is 10.0 Å². The van der Waals surface area contributed by atoms with Gasteiger partial charge < -0.3 is 14.8 Å². The average molecular weight is 354 g/mol. The molecule has 2 aliphatic rings. The zero-order chi connectivity index (χ0) is 17.2. The molecule has 2 aliphatic heterocycles. The van der Waals surface area contributed by atoms with Gasteiger partial charge in [-0.2, -0.15) is 0 Å². The van der Waals surface area contributed by atoms with Crippen molar-refractivity contribution >= 4 is 16.0 Å². The number of esters is 1. The van der Waals surface area contributed by atoms with E-state index in [0.717, 1.165) is 19.4 Å². The topological polar surface area (TPSA) is 93.7 Å². The summed E-state index contributed by atoms with van der Waals surface area (Å²) in [4.78, 5) is 12.0. The first kappa shape index (κ1) is 17.2. The summed E-state index contributed by atoms with van der Waals surface area (Å²) in [6.07, 6.45) is 1.40. The molecular formula is C16H22N2O5S. The number of benzene rings is 1. The monoisotopic (exact) mass is 354 g/mol. The molecule has 1 fully saturated rings. The van der Waals surface area contributed by atoms with E-state index >= 15 is 0 Å². The molecule has 0 amide bonds. The van der Waals surface area contributed by atoms with Crippen LogP contribution >= 0.6 is 0 Å². The first-order valence-electron chi connectivity index (χ1n) is 8.19. The highest BCUT2D eigenvalue weighted by atomic mass is 32.2. The molecule has 2 unspecified atom stereocenters. The van der Waals surface area contributed by atoms with Gasteiger partial charge in [-0.1, -0.05) is 0 Å². The lowest BCUT2D eigenvalue weighted by molar-refractivity contribution is -0.150. The highest BCUT2D eigenvalue weighted by Gasteiger charge is 2.32. The summed E-state index contributed by atoms with van der Waals surface area (Å²) in [6.45, 7) is 3.58. The van der Waals surface area contributed by atoms with Crippen molar-refractivity contribution in [1.29, 1.82) is 0 Å². The number of nitrogens with one attached hydrogen (secondary N) is 2. The van der Waals surface area contributed by atoms with E-state index in [-0.39, 0.29) is 17.5 Å². The molecule has 132 valence electrons. The number of piperidine rings is 1. The van der Waals surface area contributed by atoms with E-state index in [0.29, 0.717) is 24.3 Å². The largest absolute Gasteiger partial charge is 0.478 e. The fourth-order valence-corrected chi connectivity index (χ4v) is 4.32. The molecule has 2 N–H and O–H groups in total. The van der Waals surface area contributed by atoms with E-state index in [4.69, 9.17) is 9.47 Å². The van der Waals surface area contributed by atoms with Crippen molar-refractivity contribution in [2.45, 2.75) is 43.2 Å². The summed E-state index contributed by atoms with van der Waals surface area (Å²) in [5, 5.41) is 3.18. The SMILES string of the molecule is CCOC(=O)C1Cc2cc(S(=O)(=O)NC3CCCNC3)ccc2O1. The Labute approximate surface area is 141 Å². The lowest BCUT2D eigenvalue weighted by Crippen LogP contribution is -2.45. The van der Waals surface area contributed by atoms with Crippen LogP contribution in [0.1, 0.15) is 25.3 Å². The molecule has 7 nitrogen and oxygen atoms in total. The van der Waals surface area contributed by atoms with E-state index in [1.807, 2.05) is 0 Å². The molecule has 0 saturated carbocycles. The van der Waals surface area contributed by atoms with Crippen LogP contribution in [0, 0.1) is 0 Å². The van der Waals surface area contributed by atoms with Crippen LogP contribution in [0.15, 0.2) is 23.1 Å².